The van der Waals surface area contributed by atoms with Crippen LogP contribution in [0.2, 0.25) is 0 Å². The summed E-state index contributed by atoms with van der Waals surface area (Å²) in [4.78, 5) is 9.98. The van der Waals surface area contributed by atoms with Gasteiger partial charge in [0.25, 0.3) is 0 Å². The first-order valence-electron chi connectivity index (χ1n) is 3.53. The highest BCUT2D eigenvalue weighted by Crippen LogP contribution is 2.43. The first kappa shape index (κ1) is 7.51. The van der Waals surface area contributed by atoms with E-state index in [1.54, 1.807) is 0 Å². The fourth-order valence-corrected chi connectivity index (χ4v) is 0.942. The molecule has 0 aromatic heterocycles. The van der Waals surface area contributed by atoms with Gasteiger partial charge in [-0.25, -0.2) is 4.39 Å². The number of rotatable bonds is 4. The number of hydrogen-bond donors (Lipinski definition) is 1. The molecule has 58 valence electrons. The predicted octanol–water partition coefficient (Wildman–Crippen LogP) is 1.74. The molecule has 1 N–H and O–H groups in total. The Bertz CT molecular complexity index is 141. The Morgan fingerprint density at radius 2 is 2.20 bits per heavy atom. The minimum atomic E-state index is -0.977. The minimum Gasteiger partial charge on any atom is -0.481 e. The molecular formula is C7H11FO2. The summed E-state index contributed by atoms with van der Waals surface area (Å²) in [6.07, 6.45) is 2.27. The average Bonchev–Trinajstić information content (AvgIpc) is 2.47. The molecule has 0 heterocycles. The fourth-order valence-electron chi connectivity index (χ4n) is 0.942. The van der Waals surface area contributed by atoms with Crippen molar-refractivity contribution >= 4 is 5.97 Å². The van der Waals surface area contributed by atoms with Crippen molar-refractivity contribution in [2.24, 2.45) is 0 Å². The Kier molecular flexibility index (Phi) is 1.92. The molecule has 0 amide bonds. The fraction of sp³-hybridized carbons (Fsp3) is 0.857. The van der Waals surface area contributed by atoms with E-state index in [2.05, 4.69) is 0 Å². The van der Waals surface area contributed by atoms with E-state index in [-0.39, 0.29) is 6.42 Å². The molecule has 1 fully saturated rings. The molecule has 1 aliphatic rings. The summed E-state index contributed by atoms with van der Waals surface area (Å²) in [6.45, 7) is 0. The van der Waals surface area contributed by atoms with Gasteiger partial charge in [-0.05, 0) is 25.7 Å². The molecule has 3 heteroatoms. The second kappa shape index (κ2) is 2.56. The number of carboxylic acids is 1. The molecule has 0 spiro atoms. The minimum absolute atomic E-state index is 0.103. The molecule has 10 heavy (non-hydrogen) atoms. The number of carbonyl (C=O) groups is 1. The monoisotopic (exact) mass is 146 g/mol. The van der Waals surface area contributed by atoms with E-state index < -0.39 is 11.6 Å². The average molecular weight is 146 g/mol. The molecular weight excluding hydrogens is 135 g/mol. The predicted molar refractivity (Wildman–Crippen MR) is 34.6 cm³/mol. The van der Waals surface area contributed by atoms with E-state index >= 15 is 0 Å². The molecule has 1 saturated carbocycles. The van der Waals surface area contributed by atoms with Crippen molar-refractivity contribution in [3.63, 3.8) is 0 Å². The third kappa shape index (κ3) is 2.33. The van der Waals surface area contributed by atoms with E-state index in [0.717, 1.165) is 0 Å². The molecule has 0 saturated heterocycles. The van der Waals surface area contributed by atoms with Crippen LogP contribution in [-0.2, 0) is 4.79 Å². The van der Waals surface area contributed by atoms with Crippen molar-refractivity contribution in [2.75, 3.05) is 0 Å². The van der Waals surface area contributed by atoms with E-state index in [4.69, 9.17) is 5.11 Å². The standard InChI is InChI=1S/C7H11FO2/c8-7(4-5-7)3-1-2-6(9)10/h1-5H2,(H,9,10). The highest BCUT2D eigenvalue weighted by Gasteiger charge is 2.42. The summed E-state index contributed by atoms with van der Waals surface area (Å²) < 4.78 is 12.8. The summed E-state index contributed by atoms with van der Waals surface area (Å²) in [6, 6.07) is 0. The second-order valence-electron chi connectivity index (χ2n) is 2.90. The first-order valence-corrected chi connectivity index (χ1v) is 3.53. The van der Waals surface area contributed by atoms with Crippen LogP contribution in [0.5, 0.6) is 0 Å². The summed E-state index contributed by atoms with van der Waals surface area (Å²) >= 11 is 0. The van der Waals surface area contributed by atoms with Gasteiger partial charge >= 0.3 is 5.97 Å². The Labute approximate surface area is 59.0 Å². The molecule has 0 aromatic rings. The van der Waals surface area contributed by atoms with Crippen LogP contribution >= 0.6 is 0 Å². The summed E-state index contributed by atoms with van der Waals surface area (Å²) in [7, 11) is 0. The molecule has 0 radical (unpaired) electrons. The zero-order chi connectivity index (χ0) is 7.61. The van der Waals surface area contributed by atoms with Crippen LogP contribution in [-0.4, -0.2) is 16.7 Å². The maximum Gasteiger partial charge on any atom is 0.303 e. The van der Waals surface area contributed by atoms with E-state index in [1.165, 1.54) is 0 Å². The molecule has 0 unspecified atom stereocenters. The maximum atomic E-state index is 12.8. The van der Waals surface area contributed by atoms with Gasteiger partial charge in [0, 0.05) is 6.42 Å². The van der Waals surface area contributed by atoms with Gasteiger partial charge in [0.15, 0.2) is 0 Å². The number of carboxylic acid groups (broad SMARTS) is 1. The van der Waals surface area contributed by atoms with Crippen molar-refractivity contribution < 1.29 is 14.3 Å². The van der Waals surface area contributed by atoms with Crippen molar-refractivity contribution in [1.82, 2.24) is 0 Å². The van der Waals surface area contributed by atoms with Gasteiger partial charge in [-0.15, -0.1) is 0 Å². The van der Waals surface area contributed by atoms with Crippen LogP contribution in [0.15, 0.2) is 0 Å². The highest BCUT2D eigenvalue weighted by atomic mass is 19.1. The van der Waals surface area contributed by atoms with Crippen LogP contribution in [0.25, 0.3) is 0 Å². The van der Waals surface area contributed by atoms with Crippen LogP contribution in [0.4, 0.5) is 4.39 Å². The van der Waals surface area contributed by atoms with Gasteiger partial charge in [0.1, 0.15) is 5.67 Å². The first-order chi connectivity index (χ1) is 4.62. The van der Waals surface area contributed by atoms with Gasteiger partial charge in [-0.2, -0.15) is 0 Å². The lowest BCUT2D eigenvalue weighted by Gasteiger charge is -2.00. The number of aliphatic carboxylic acids is 1. The van der Waals surface area contributed by atoms with E-state index in [0.29, 0.717) is 25.7 Å². The smallest absolute Gasteiger partial charge is 0.303 e. The number of alkyl halides is 1. The lowest BCUT2D eigenvalue weighted by Crippen LogP contribution is -2.01. The summed E-state index contributed by atoms with van der Waals surface area (Å²) in [5.41, 5.74) is -0.977. The zero-order valence-electron chi connectivity index (χ0n) is 5.77. The highest BCUT2D eigenvalue weighted by molar-refractivity contribution is 5.66. The van der Waals surface area contributed by atoms with Crippen LogP contribution in [0.1, 0.15) is 32.1 Å². The van der Waals surface area contributed by atoms with Crippen molar-refractivity contribution in [3.05, 3.63) is 0 Å². The topological polar surface area (TPSA) is 37.3 Å². The molecule has 0 aliphatic heterocycles. The summed E-state index contributed by atoms with van der Waals surface area (Å²) in [5, 5.41) is 8.21. The normalized spacial score (nSPS) is 20.5. The van der Waals surface area contributed by atoms with Gasteiger partial charge < -0.3 is 5.11 Å². The molecule has 0 bridgehead atoms. The molecule has 0 atom stereocenters. The second-order valence-corrected chi connectivity index (χ2v) is 2.90. The van der Waals surface area contributed by atoms with Gasteiger partial charge in [0.05, 0.1) is 0 Å². The molecule has 2 nitrogen and oxygen atoms in total. The molecule has 1 rings (SSSR count). The molecule has 1 aliphatic carbocycles. The van der Waals surface area contributed by atoms with Crippen LogP contribution in [0.3, 0.4) is 0 Å². The lowest BCUT2D eigenvalue weighted by molar-refractivity contribution is -0.137. The van der Waals surface area contributed by atoms with E-state index in [9.17, 15) is 9.18 Å². The Balaban J connectivity index is 2.00. The van der Waals surface area contributed by atoms with Gasteiger partial charge in [0.2, 0.25) is 0 Å². The van der Waals surface area contributed by atoms with Crippen molar-refractivity contribution in [1.29, 1.82) is 0 Å². The Hall–Kier alpha value is -0.600. The summed E-state index contributed by atoms with van der Waals surface area (Å²) in [5.74, 6) is -0.829. The Morgan fingerprint density at radius 1 is 1.60 bits per heavy atom. The largest absolute Gasteiger partial charge is 0.481 e. The van der Waals surface area contributed by atoms with Crippen LogP contribution < -0.4 is 0 Å². The van der Waals surface area contributed by atoms with Crippen LogP contribution in [0, 0.1) is 0 Å². The lowest BCUT2D eigenvalue weighted by atomic mass is 10.1. The number of hydrogen-bond acceptors (Lipinski definition) is 1. The molecule has 0 aromatic carbocycles. The third-order valence-corrected chi connectivity index (χ3v) is 1.81. The Morgan fingerprint density at radius 3 is 2.60 bits per heavy atom. The van der Waals surface area contributed by atoms with E-state index in [1.807, 2.05) is 0 Å². The van der Waals surface area contributed by atoms with Gasteiger partial charge in [-0.1, -0.05) is 0 Å². The van der Waals surface area contributed by atoms with Crippen molar-refractivity contribution in [2.45, 2.75) is 37.8 Å². The maximum absolute atomic E-state index is 12.8. The third-order valence-electron chi connectivity index (χ3n) is 1.81. The number of halogens is 1. The quantitative estimate of drug-likeness (QED) is 0.656. The van der Waals surface area contributed by atoms with Gasteiger partial charge in [-0.3, -0.25) is 4.79 Å². The van der Waals surface area contributed by atoms with Crippen molar-refractivity contribution in [3.8, 4) is 0 Å². The zero-order valence-corrected chi connectivity index (χ0v) is 5.77. The SMILES string of the molecule is O=C(O)CCCC1(F)CC1.